The van der Waals surface area contributed by atoms with Gasteiger partial charge in [-0.05, 0) is 32.0 Å². The third-order valence-corrected chi connectivity index (χ3v) is 4.49. The monoisotopic (exact) mass is 418 g/mol. The highest BCUT2D eigenvalue weighted by atomic mass is 35.5. The second-order valence-electron chi connectivity index (χ2n) is 6.15. The van der Waals surface area contributed by atoms with Crippen molar-refractivity contribution in [1.82, 2.24) is 24.9 Å². The molecule has 2 aromatic heterocycles. The van der Waals surface area contributed by atoms with Crippen molar-refractivity contribution in [3.63, 3.8) is 0 Å². The number of benzene rings is 1. The van der Waals surface area contributed by atoms with Gasteiger partial charge in [0.1, 0.15) is 11.4 Å². The second kappa shape index (κ2) is 8.74. The summed E-state index contributed by atoms with van der Waals surface area (Å²) in [4.78, 5) is 22.7. The highest BCUT2D eigenvalue weighted by Crippen LogP contribution is 2.28. The van der Waals surface area contributed by atoms with Crippen LogP contribution in [0.2, 0.25) is 5.02 Å². The van der Waals surface area contributed by atoms with Crippen molar-refractivity contribution in [2.75, 3.05) is 0 Å². The summed E-state index contributed by atoms with van der Waals surface area (Å²) in [6, 6.07) is 7.11. The summed E-state index contributed by atoms with van der Waals surface area (Å²) >= 11 is 6.00. The number of hydrogen-bond donors (Lipinski definition) is 1. The van der Waals surface area contributed by atoms with Crippen LogP contribution >= 0.6 is 11.6 Å². The second-order valence-corrected chi connectivity index (χ2v) is 6.56. The molecule has 0 aliphatic rings. The molecule has 0 spiro atoms. The van der Waals surface area contributed by atoms with Crippen molar-refractivity contribution < 1.29 is 14.5 Å². The zero-order valence-corrected chi connectivity index (χ0v) is 16.5. The third kappa shape index (κ3) is 4.72. The lowest BCUT2D eigenvalue weighted by atomic mass is 10.2. The molecule has 2 heterocycles. The van der Waals surface area contributed by atoms with Crippen LogP contribution in [0, 0.1) is 10.1 Å². The van der Waals surface area contributed by atoms with E-state index in [1.54, 1.807) is 18.5 Å². The molecule has 11 heteroatoms. The Hall–Kier alpha value is -3.40. The number of nitrogens with zero attached hydrogens (tertiary/aromatic N) is 5. The standard InChI is InChI=1S/C18H19ClN6O4/c1-3-24-16(6-8-20-24)12(2)21-18(26)15-7-9-23(22-15)11-29-17-5-4-13(25(27)28)10-14(17)19/h4-10,12H,3,11H2,1-2H3,(H,21,26). The maximum absolute atomic E-state index is 12.5. The molecule has 1 aromatic carbocycles. The van der Waals surface area contributed by atoms with Crippen molar-refractivity contribution in [1.29, 1.82) is 0 Å². The minimum atomic E-state index is -0.539. The van der Waals surface area contributed by atoms with Gasteiger partial charge in [-0.1, -0.05) is 11.6 Å². The Kier molecular flexibility index (Phi) is 6.13. The molecule has 1 unspecified atom stereocenters. The number of nitro groups is 1. The summed E-state index contributed by atoms with van der Waals surface area (Å²) in [6.45, 7) is 4.55. The number of halogens is 1. The third-order valence-electron chi connectivity index (χ3n) is 4.19. The molecular weight excluding hydrogens is 400 g/mol. The first-order valence-electron chi connectivity index (χ1n) is 8.81. The van der Waals surface area contributed by atoms with Crippen molar-refractivity contribution in [2.24, 2.45) is 0 Å². The molecule has 0 fully saturated rings. The highest BCUT2D eigenvalue weighted by Gasteiger charge is 2.17. The summed E-state index contributed by atoms with van der Waals surface area (Å²) < 4.78 is 8.76. The first-order chi connectivity index (χ1) is 13.9. The fourth-order valence-electron chi connectivity index (χ4n) is 2.73. The molecule has 0 radical (unpaired) electrons. The van der Waals surface area contributed by atoms with E-state index in [2.05, 4.69) is 15.5 Å². The molecular formula is C18H19ClN6O4. The Morgan fingerprint density at radius 3 is 2.86 bits per heavy atom. The van der Waals surface area contributed by atoms with Crippen molar-refractivity contribution >= 4 is 23.2 Å². The van der Waals surface area contributed by atoms with Crippen LogP contribution in [0.1, 0.15) is 36.1 Å². The van der Waals surface area contributed by atoms with Crippen LogP contribution in [-0.4, -0.2) is 30.4 Å². The van der Waals surface area contributed by atoms with Crippen LogP contribution in [0.15, 0.2) is 42.7 Å². The van der Waals surface area contributed by atoms with E-state index in [0.29, 0.717) is 6.54 Å². The summed E-state index contributed by atoms with van der Waals surface area (Å²) in [6.07, 6.45) is 3.28. The van der Waals surface area contributed by atoms with Crippen LogP contribution in [-0.2, 0) is 13.3 Å². The summed E-state index contributed by atoms with van der Waals surface area (Å²) in [5.74, 6) is -0.0475. The molecule has 0 saturated heterocycles. The topological polar surface area (TPSA) is 117 Å². The molecule has 0 saturated carbocycles. The summed E-state index contributed by atoms with van der Waals surface area (Å²) in [5.41, 5.74) is 1.01. The van der Waals surface area contributed by atoms with E-state index >= 15 is 0 Å². The number of nitro benzene ring substituents is 1. The lowest BCUT2D eigenvalue weighted by molar-refractivity contribution is -0.384. The van der Waals surface area contributed by atoms with Gasteiger partial charge in [-0.25, -0.2) is 4.68 Å². The molecule has 152 valence electrons. The number of amides is 1. The van der Waals surface area contributed by atoms with Gasteiger partial charge in [0.15, 0.2) is 6.73 Å². The van der Waals surface area contributed by atoms with Crippen LogP contribution in [0.3, 0.4) is 0 Å². The molecule has 3 rings (SSSR count). The quantitative estimate of drug-likeness (QED) is 0.443. The molecule has 10 nitrogen and oxygen atoms in total. The maximum Gasteiger partial charge on any atom is 0.272 e. The highest BCUT2D eigenvalue weighted by molar-refractivity contribution is 6.32. The molecule has 0 aliphatic carbocycles. The minimum absolute atomic E-state index is 0.0109. The SMILES string of the molecule is CCn1nccc1C(C)NC(=O)c1ccn(COc2ccc([N+](=O)[O-])cc2Cl)n1. The summed E-state index contributed by atoms with van der Waals surface area (Å²) in [7, 11) is 0. The van der Waals surface area contributed by atoms with Crippen LogP contribution < -0.4 is 10.1 Å². The van der Waals surface area contributed by atoms with E-state index in [1.807, 2.05) is 24.6 Å². The van der Waals surface area contributed by atoms with Gasteiger partial charge in [0.25, 0.3) is 11.6 Å². The van der Waals surface area contributed by atoms with E-state index in [4.69, 9.17) is 16.3 Å². The number of carbonyl (C=O) groups is 1. The average Bonchev–Trinajstić information content (AvgIpc) is 3.36. The average molecular weight is 419 g/mol. The zero-order valence-electron chi connectivity index (χ0n) is 15.8. The van der Waals surface area contributed by atoms with Gasteiger partial charge in [0, 0.05) is 31.1 Å². The number of aryl methyl sites for hydroxylation is 1. The maximum atomic E-state index is 12.5. The van der Waals surface area contributed by atoms with E-state index < -0.39 is 4.92 Å². The fraction of sp³-hybridized carbons (Fsp3) is 0.278. The van der Waals surface area contributed by atoms with E-state index in [-0.39, 0.29) is 40.8 Å². The number of ether oxygens (including phenoxy) is 1. The van der Waals surface area contributed by atoms with Gasteiger partial charge in [0.2, 0.25) is 0 Å². The summed E-state index contributed by atoms with van der Waals surface area (Å²) in [5, 5.41) is 22.1. The van der Waals surface area contributed by atoms with Crippen LogP contribution in [0.5, 0.6) is 5.75 Å². The lowest BCUT2D eigenvalue weighted by Crippen LogP contribution is -2.28. The molecule has 29 heavy (non-hydrogen) atoms. The molecule has 1 N–H and O–H groups in total. The molecule has 0 bridgehead atoms. The number of hydrogen-bond acceptors (Lipinski definition) is 6. The minimum Gasteiger partial charge on any atom is -0.470 e. The van der Waals surface area contributed by atoms with E-state index in [0.717, 1.165) is 5.69 Å². The van der Waals surface area contributed by atoms with Gasteiger partial charge in [-0.3, -0.25) is 19.6 Å². The fourth-order valence-corrected chi connectivity index (χ4v) is 2.96. The number of nitrogens with one attached hydrogen (secondary N) is 1. The largest absolute Gasteiger partial charge is 0.470 e. The smallest absolute Gasteiger partial charge is 0.272 e. The number of rotatable bonds is 8. The van der Waals surface area contributed by atoms with E-state index in [9.17, 15) is 14.9 Å². The molecule has 0 aliphatic heterocycles. The Labute approximate surface area is 171 Å². The molecule has 3 aromatic rings. The Bertz CT molecular complexity index is 1030. The number of non-ortho nitro benzene ring substituents is 1. The van der Waals surface area contributed by atoms with Gasteiger partial charge in [0.05, 0.1) is 21.7 Å². The first kappa shape index (κ1) is 20.3. The van der Waals surface area contributed by atoms with Crippen LogP contribution in [0.25, 0.3) is 0 Å². The van der Waals surface area contributed by atoms with Crippen LogP contribution in [0.4, 0.5) is 5.69 Å². The van der Waals surface area contributed by atoms with E-state index in [1.165, 1.54) is 22.9 Å². The molecule has 1 atom stereocenters. The predicted molar refractivity (Wildman–Crippen MR) is 105 cm³/mol. The Morgan fingerprint density at radius 2 is 2.17 bits per heavy atom. The molecule has 1 amide bonds. The van der Waals surface area contributed by atoms with Gasteiger partial charge in [-0.2, -0.15) is 10.2 Å². The van der Waals surface area contributed by atoms with Crippen molar-refractivity contribution in [3.8, 4) is 5.75 Å². The Morgan fingerprint density at radius 1 is 1.38 bits per heavy atom. The normalized spacial score (nSPS) is 11.8. The van der Waals surface area contributed by atoms with Crippen molar-refractivity contribution in [3.05, 3.63) is 69.3 Å². The first-order valence-corrected chi connectivity index (χ1v) is 9.19. The lowest BCUT2D eigenvalue weighted by Gasteiger charge is -2.14. The predicted octanol–water partition coefficient (Wildman–Crippen LogP) is 3.19. The van der Waals surface area contributed by atoms with Gasteiger partial charge in [-0.15, -0.1) is 0 Å². The van der Waals surface area contributed by atoms with Crippen molar-refractivity contribution in [2.45, 2.75) is 33.2 Å². The van der Waals surface area contributed by atoms with Gasteiger partial charge < -0.3 is 10.1 Å². The van der Waals surface area contributed by atoms with Gasteiger partial charge >= 0.3 is 0 Å². The number of carbonyl (C=O) groups excluding carboxylic acids is 1. The zero-order chi connectivity index (χ0) is 21.0. The Balaban J connectivity index is 1.60. The number of aromatic nitrogens is 4.